The molecule has 16 heavy (non-hydrogen) atoms. The SMILES string of the molecule is CC(C)CCC(=O)NC(C)(CN)CC(C)C. The van der Waals surface area contributed by atoms with Crippen molar-refractivity contribution in [3.63, 3.8) is 0 Å². The van der Waals surface area contributed by atoms with E-state index >= 15 is 0 Å². The van der Waals surface area contributed by atoms with E-state index in [1.165, 1.54) is 0 Å². The molecule has 0 aromatic heterocycles. The van der Waals surface area contributed by atoms with Crippen LogP contribution in [0.25, 0.3) is 0 Å². The van der Waals surface area contributed by atoms with Gasteiger partial charge in [-0.1, -0.05) is 27.7 Å². The maximum Gasteiger partial charge on any atom is 0.220 e. The lowest BCUT2D eigenvalue weighted by Gasteiger charge is -2.31. The number of nitrogens with one attached hydrogen (secondary N) is 1. The molecule has 0 aliphatic heterocycles. The Morgan fingerprint density at radius 3 is 2.19 bits per heavy atom. The minimum absolute atomic E-state index is 0.127. The van der Waals surface area contributed by atoms with Crippen molar-refractivity contribution in [1.29, 1.82) is 0 Å². The quantitative estimate of drug-likeness (QED) is 0.702. The van der Waals surface area contributed by atoms with E-state index in [1.807, 2.05) is 6.92 Å². The first kappa shape index (κ1) is 15.4. The highest BCUT2D eigenvalue weighted by Crippen LogP contribution is 2.16. The van der Waals surface area contributed by atoms with Gasteiger partial charge in [0, 0.05) is 18.5 Å². The molecule has 1 unspecified atom stereocenters. The van der Waals surface area contributed by atoms with E-state index in [9.17, 15) is 4.79 Å². The maximum atomic E-state index is 11.7. The van der Waals surface area contributed by atoms with Crippen molar-refractivity contribution in [2.75, 3.05) is 6.54 Å². The maximum absolute atomic E-state index is 11.7. The first-order valence-electron chi connectivity index (χ1n) is 6.30. The average molecular weight is 228 g/mol. The van der Waals surface area contributed by atoms with Gasteiger partial charge in [-0.15, -0.1) is 0 Å². The summed E-state index contributed by atoms with van der Waals surface area (Å²) >= 11 is 0. The molecule has 3 heteroatoms. The van der Waals surface area contributed by atoms with Crippen LogP contribution in [0.4, 0.5) is 0 Å². The van der Waals surface area contributed by atoms with Crippen molar-refractivity contribution >= 4 is 5.91 Å². The molecular formula is C13H28N2O. The van der Waals surface area contributed by atoms with Gasteiger partial charge in [0.05, 0.1) is 0 Å². The fraction of sp³-hybridized carbons (Fsp3) is 0.923. The van der Waals surface area contributed by atoms with E-state index in [-0.39, 0.29) is 11.4 Å². The van der Waals surface area contributed by atoms with Crippen LogP contribution in [-0.2, 0) is 4.79 Å². The number of amides is 1. The number of hydrogen-bond acceptors (Lipinski definition) is 2. The van der Waals surface area contributed by atoms with Crippen molar-refractivity contribution in [2.45, 2.75) is 59.4 Å². The Bertz CT molecular complexity index is 214. The van der Waals surface area contributed by atoms with E-state index in [1.54, 1.807) is 0 Å². The number of rotatable bonds is 7. The van der Waals surface area contributed by atoms with Crippen molar-refractivity contribution in [2.24, 2.45) is 17.6 Å². The third-order valence-electron chi connectivity index (χ3n) is 2.70. The number of hydrogen-bond donors (Lipinski definition) is 2. The van der Waals surface area contributed by atoms with Crippen molar-refractivity contribution in [3.8, 4) is 0 Å². The van der Waals surface area contributed by atoms with Crippen molar-refractivity contribution in [1.82, 2.24) is 5.32 Å². The molecule has 0 fully saturated rings. The zero-order valence-electron chi connectivity index (χ0n) is 11.5. The molecule has 1 atom stereocenters. The summed E-state index contributed by atoms with van der Waals surface area (Å²) in [4.78, 5) is 11.7. The summed E-state index contributed by atoms with van der Waals surface area (Å²) in [6, 6.07) is 0. The standard InChI is InChI=1S/C13H28N2O/c1-10(2)6-7-12(16)15-13(5,9-14)8-11(3)4/h10-11H,6-9,14H2,1-5H3,(H,15,16). The lowest BCUT2D eigenvalue weighted by Crippen LogP contribution is -2.52. The van der Waals surface area contributed by atoms with Gasteiger partial charge in [0.15, 0.2) is 0 Å². The summed E-state index contributed by atoms with van der Waals surface area (Å²) in [5.74, 6) is 1.24. The second kappa shape index (κ2) is 6.89. The number of nitrogens with two attached hydrogens (primary N) is 1. The number of carbonyl (C=O) groups excluding carboxylic acids is 1. The third kappa shape index (κ3) is 6.83. The van der Waals surface area contributed by atoms with Gasteiger partial charge in [0.1, 0.15) is 0 Å². The van der Waals surface area contributed by atoms with Crippen LogP contribution < -0.4 is 11.1 Å². The van der Waals surface area contributed by atoms with Crippen LogP contribution in [0.15, 0.2) is 0 Å². The van der Waals surface area contributed by atoms with E-state index in [0.717, 1.165) is 12.8 Å². The summed E-state index contributed by atoms with van der Waals surface area (Å²) in [6.07, 6.45) is 2.47. The molecule has 0 radical (unpaired) electrons. The molecule has 1 amide bonds. The van der Waals surface area contributed by atoms with Gasteiger partial charge in [-0.3, -0.25) is 4.79 Å². The second-order valence-electron chi connectivity index (χ2n) is 5.84. The molecular weight excluding hydrogens is 200 g/mol. The minimum Gasteiger partial charge on any atom is -0.350 e. The summed E-state index contributed by atoms with van der Waals surface area (Å²) < 4.78 is 0. The van der Waals surface area contributed by atoms with Crippen LogP contribution >= 0.6 is 0 Å². The Morgan fingerprint density at radius 2 is 1.81 bits per heavy atom. The molecule has 0 aromatic rings. The topological polar surface area (TPSA) is 55.1 Å². The fourth-order valence-corrected chi connectivity index (χ4v) is 1.91. The van der Waals surface area contributed by atoms with E-state index in [0.29, 0.717) is 24.8 Å². The Balaban J connectivity index is 4.14. The van der Waals surface area contributed by atoms with Crippen molar-refractivity contribution < 1.29 is 4.79 Å². The van der Waals surface area contributed by atoms with Gasteiger partial charge >= 0.3 is 0 Å². The van der Waals surface area contributed by atoms with Crippen LogP contribution in [0.3, 0.4) is 0 Å². The van der Waals surface area contributed by atoms with Crippen LogP contribution in [0.1, 0.15) is 53.9 Å². The predicted octanol–water partition coefficient (Wildman–Crippen LogP) is 2.30. The Kier molecular flexibility index (Phi) is 6.65. The van der Waals surface area contributed by atoms with Gasteiger partial charge in [-0.25, -0.2) is 0 Å². The highest BCUT2D eigenvalue weighted by molar-refractivity contribution is 5.76. The second-order valence-corrected chi connectivity index (χ2v) is 5.84. The first-order valence-corrected chi connectivity index (χ1v) is 6.30. The summed E-state index contributed by atoms with van der Waals surface area (Å²) in [5.41, 5.74) is 5.50. The van der Waals surface area contributed by atoms with Crippen LogP contribution in [0.2, 0.25) is 0 Å². The molecule has 0 aromatic carbocycles. The third-order valence-corrected chi connectivity index (χ3v) is 2.70. The normalized spacial score (nSPS) is 15.2. The summed E-state index contributed by atoms with van der Waals surface area (Å²) in [5, 5.41) is 3.07. The molecule has 96 valence electrons. The lowest BCUT2D eigenvalue weighted by atomic mass is 9.90. The molecule has 3 nitrogen and oxygen atoms in total. The number of carbonyl (C=O) groups is 1. The highest BCUT2D eigenvalue weighted by Gasteiger charge is 2.25. The molecule has 0 bridgehead atoms. The van der Waals surface area contributed by atoms with E-state index in [4.69, 9.17) is 5.73 Å². The molecule has 0 aliphatic carbocycles. The molecule has 0 heterocycles. The predicted molar refractivity (Wildman–Crippen MR) is 69.1 cm³/mol. The average Bonchev–Trinajstić information content (AvgIpc) is 2.13. The molecule has 3 N–H and O–H groups in total. The van der Waals surface area contributed by atoms with Gasteiger partial charge in [0.25, 0.3) is 0 Å². The Hall–Kier alpha value is -0.570. The lowest BCUT2D eigenvalue weighted by molar-refractivity contribution is -0.123. The van der Waals surface area contributed by atoms with Gasteiger partial charge in [0.2, 0.25) is 5.91 Å². The molecule has 0 aliphatic rings. The molecule has 0 spiro atoms. The van der Waals surface area contributed by atoms with E-state index in [2.05, 4.69) is 33.0 Å². The zero-order chi connectivity index (χ0) is 12.8. The summed E-state index contributed by atoms with van der Waals surface area (Å²) in [7, 11) is 0. The van der Waals surface area contributed by atoms with Gasteiger partial charge in [-0.2, -0.15) is 0 Å². The van der Waals surface area contributed by atoms with Crippen LogP contribution in [0.5, 0.6) is 0 Å². The van der Waals surface area contributed by atoms with Crippen molar-refractivity contribution in [3.05, 3.63) is 0 Å². The molecule has 0 rings (SSSR count). The van der Waals surface area contributed by atoms with Crippen LogP contribution in [0, 0.1) is 11.8 Å². The van der Waals surface area contributed by atoms with Gasteiger partial charge < -0.3 is 11.1 Å². The van der Waals surface area contributed by atoms with Gasteiger partial charge in [-0.05, 0) is 31.6 Å². The smallest absolute Gasteiger partial charge is 0.220 e. The van der Waals surface area contributed by atoms with Crippen LogP contribution in [-0.4, -0.2) is 18.0 Å². The van der Waals surface area contributed by atoms with E-state index < -0.39 is 0 Å². The highest BCUT2D eigenvalue weighted by atomic mass is 16.1. The monoisotopic (exact) mass is 228 g/mol. The zero-order valence-corrected chi connectivity index (χ0v) is 11.5. The summed E-state index contributed by atoms with van der Waals surface area (Å²) in [6.45, 7) is 11.1. The molecule has 0 saturated heterocycles. The Morgan fingerprint density at radius 1 is 1.25 bits per heavy atom. The molecule has 0 saturated carbocycles. The fourth-order valence-electron chi connectivity index (χ4n) is 1.91. The Labute approximate surface area is 100 Å². The first-order chi connectivity index (χ1) is 7.29. The minimum atomic E-state index is -0.248. The largest absolute Gasteiger partial charge is 0.350 e.